The van der Waals surface area contributed by atoms with Crippen molar-refractivity contribution in [3.05, 3.63) is 63.6 Å². The standard InChI is InChI=1S/C13H14N2O/c1-10-5-3-4-6-12(10)9-15-13(16)8-7-11(2)14-15/h3-8H,9H2,1-2H3. The Labute approximate surface area is 94.4 Å². The average molecular weight is 214 g/mol. The Morgan fingerprint density at radius 2 is 1.88 bits per heavy atom. The summed E-state index contributed by atoms with van der Waals surface area (Å²) in [4.78, 5) is 11.6. The maximum absolute atomic E-state index is 11.6. The maximum Gasteiger partial charge on any atom is 0.267 e. The summed E-state index contributed by atoms with van der Waals surface area (Å²) in [6.45, 7) is 4.46. The van der Waals surface area contributed by atoms with E-state index in [1.807, 2.05) is 38.1 Å². The van der Waals surface area contributed by atoms with Gasteiger partial charge in [0.05, 0.1) is 12.2 Å². The van der Waals surface area contributed by atoms with Crippen molar-refractivity contribution in [3.63, 3.8) is 0 Å². The van der Waals surface area contributed by atoms with Gasteiger partial charge in [0.25, 0.3) is 5.56 Å². The molecule has 0 amide bonds. The molecule has 16 heavy (non-hydrogen) atoms. The first-order valence-corrected chi connectivity index (χ1v) is 5.26. The van der Waals surface area contributed by atoms with Crippen molar-refractivity contribution in [1.82, 2.24) is 9.78 Å². The van der Waals surface area contributed by atoms with Crippen LogP contribution in [0.1, 0.15) is 16.8 Å². The second kappa shape index (κ2) is 4.31. The molecule has 3 heteroatoms. The molecule has 2 aromatic rings. The summed E-state index contributed by atoms with van der Waals surface area (Å²) in [7, 11) is 0. The highest BCUT2D eigenvalue weighted by Gasteiger charge is 2.01. The molecule has 82 valence electrons. The van der Waals surface area contributed by atoms with Crippen LogP contribution in [0.25, 0.3) is 0 Å². The Hall–Kier alpha value is -1.90. The summed E-state index contributed by atoms with van der Waals surface area (Å²) in [6, 6.07) is 11.3. The molecule has 1 aromatic carbocycles. The van der Waals surface area contributed by atoms with E-state index < -0.39 is 0 Å². The molecule has 0 atom stereocenters. The number of hydrogen-bond acceptors (Lipinski definition) is 2. The van der Waals surface area contributed by atoms with Crippen LogP contribution >= 0.6 is 0 Å². The lowest BCUT2D eigenvalue weighted by Gasteiger charge is -2.07. The Morgan fingerprint density at radius 3 is 2.62 bits per heavy atom. The van der Waals surface area contributed by atoms with E-state index in [4.69, 9.17) is 0 Å². The Bertz CT molecular complexity index is 558. The van der Waals surface area contributed by atoms with Crippen molar-refractivity contribution in [2.24, 2.45) is 0 Å². The number of hydrogen-bond donors (Lipinski definition) is 0. The molecule has 0 unspecified atom stereocenters. The lowest BCUT2D eigenvalue weighted by atomic mass is 10.1. The largest absolute Gasteiger partial charge is 0.268 e. The van der Waals surface area contributed by atoms with Gasteiger partial charge in [0.1, 0.15) is 0 Å². The van der Waals surface area contributed by atoms with Gasteiger partial charge in [-0.25, -0.2) is 4.68 Å². The summed E-state index contributed by atoms with van der Waals surface area (Å²) in [5.41, 5.74) is 3.10. The van der Waals surface area contributed by atoms with E-state index in [9.17, 15) is 4.79 Å². The zero-order chi connectivity index (χ0) is 11.5. The number of aryl methyl sites for hydroxylation is 2. The predicted octanol–water partition coefficient (Wildman–Crippen LogP) is 1.91. The third kappa shape index (κ3) is 2.19. The molecule has 1 heterocycles. The van der Waals surface area contributed by atoms with Crippen LogP contribution in [0.15, 0.2) is 41.2 Å². The fourth-order valence-electron chi connectivity index (χ4n) is 1.61. The van der Waals surface area contributed by atoms with Gasteiger partial charge in [0.15, 0.2) is 0 Å². The van der Waals surface area contributed by atoms with Crippen molar-refractivity contribution < 1.29 is 0 Å². The Balaban J connectivity index is 2.38. The minimum atomic E-state index is -0.0612. The molecule has 0 spiro atoms. The van der Waals surface area contributed by atoms with Crippen LogP contribution in [0.5, 0.6) is 0 Å². The number of nitrogens with zero attached hydrogens (tertiary/aromatic N) is 2. The summed E-state index contributed by atoms with van der Waals surface area (Å²) in [5, 5.41) is 4.21. The fraction of sp³-hybridized carbons (Fsp3) is 0.231. The predicted molar refractivity (Wildman–Crippen MR) is 63.5 cm³/mol. The first kappa shape index (κ1) is 10.6. The summed E-state index contributed by atoms with van der Waals surface area (Å²) in [6.07, 6.45) is 0. The van der Waals surface area contributed by atoms with E-state index in [1.165, 1.54) is 10.2 Å². The van der Waals surface area contributed by atoms with Crippen molar-refractivity contribution in [2.45, 2.75) is 20.4 Å². The lowest BCUT2D eigenvalue weighted by molar-refractivity contribution is 0.626. The minimum Gasteiger partial charge on any atom is -0.268 e. The maximum atomic E-state index is 11.6. The molecule has 0 N–H and O–H groups in total. The van der Waals surface area contributed by atoms with Crippen molar-refractivity contribution in [3.8, 4) is 0 Å². The van der Waals surface area contributed by atoms with E-state index in [2.05, 4.69) is 5.10 Å². The van der Waals surface area contributed by atoms with Gasteiger partial charge in [-0.3, -0.25) is 4.79 Å². The van der Waals surface area contributed by atoms with E-state index >= 15 is 0 Å². The van der Waals surface area contributed by atoms with Crippen LogP contribution < -0.4 is 5.56 Å². The van der Waals surface area contributed by atoms with Gasteiger partial charge in [-0.2, -0.15) is 5.10 Å². The number of rotatable bonds is 2. The third-order valence-electron chi connectivity index (χ3n) is 2.58. The highest BCUT2D eigenvalue weighted by molar-refractivity contribution is 5.25. The van der Waals surface area contributed by atoms with Crippen LogP contribution in [0.3, 0.4) is 0 Å². The summed E-state index contributed by atoms with van der Waals surface area (Å²) in [5.74, 6) is 0. The summed E-state index contributed by atoms with van der Waals surface area (Å²) < 4.78 is 1.50. The van der Waals surface area contributed by atoms with Crippen LogP contribution in [-0.2, 0) is 6.54 Å². The van der Waals surface area contributed by atoms with E-state index in [-0.39, 0.29) is 5.56 Å². The molecule has 0 saturated carbocycles. The normalized spacial score (nSPS) is 10.4. The average Bonchev–Trinajstić information content (AvgIpc) is 2.27. The van der Waals surface area contributed by atoms with Gasteiger partial charge < -0.3 is 0 Å². The summed E-state index contributed by atoms with van der Waals surface area (Å²) >= 11 is 0. The molecule has 0 aliphatic rings. The zero-order valence-corrected chi connectivity index (χ0v) is 9.47. The second-order valence-corrected chi connectivity index (χ2v) is 3.90. The van der Waals surface area contributed by atoms with Gasteiger partial charge in [0.2, 0.25) is 0 Å². The molecule has 0 bridgehead atoms. The topological polar surface area (TPSA) is 34.9 Å². The molecule has 0 fully saturated rings. The van der Waals surface area contributed by atoms with Crippen molar-refractivity contribution in [1.29, 1.82) is 0 Å². The lowest BCUT2D eigenvalue weighted by Crippen LogP contribution is -2.23. The first-order chi connectivity index (χ1) is 7.66. The molecule has 1 aromatic heterocycles. The van der Waals surface area contributed by atoms with E-state index in [0.29, 0.717) is 6.54 Å². The van der Waals surface area contributed by atoms with Gasteiger partial charge in [0, 0.05) is 6.07 Å². The SMILES string of the molecule is Cc1ccc(=O)n(Cc2ccccc2C)n1. The Morgan fingerprint density at radius 1 is 1.12 bits per heavy atom. The quantitative estimate of drug-likeness (QED) is 0.765. The fourth-order valence-corrected chi connectivity index (χ4v) is 1.61. The zero-order valence-electron chi connectivity index (χ0n) is 9.47. The van der Waals surface area contributed by atoms with Gasteiger partial charge in [-0.1, -0.05) is 24.3 Å². The Kier molecular flexibility index (Phi) is 2.86. The highest BCUT2D eigenvalue weighted by atomic mass is 16.1. The van der Waals surface area contributed by atoms with Gasteiger partial charge in [-0.15, -0.1) is 0 Å². The van der Waals surface area contributed by atoms with Crippen molar-refractivity contribution in [2.75, 3.05) is 0 Å². The van der Waals surface area contributed by atoms with Crippen molar-refractivity contribution >= 4 is 0 Å². The molecule has 2 rings (SSSR count). The van der Waals surface area contributed by atoms with Crippen LogP contribution in [0, 0.1) is 13.8 Å². The van der Waals surface area contributed by atoms with E-state index in [0.717, 1.165) is 11.3 Å². The second-order valence-electron chi connectivity index (χ2n) is 3.90. The molecular weight excluding hydrogens is 200 g/mol. The minimum absolute atomic E-state index is 0.0612. The van der Waals surface area contributed by atoms with Crippen LogP contribution in [0.4, 0.5) is 0 Å². The van der Waals surface area contributed by atoms with Gasteiger partial charge >= 0.3 is 0 Å². The molecule has 0 aliphatic heterocycles. The van der Waals surface area contributed by atoms with Crippen LogP contribution in [0.2, 0.25) is 0 Å². The number of benzene rings is 1. The number of aromatic nitrogens is 2. The monoisotopic (exact) mass is 214 g/mol. The third-order valence-corrected chi connectivity index (χ3v) is 2.58. The molecule has 3 nitrogen and oxygen atoms in total. The van der Waals surface area contributed by atoms with E-state index in [1.54, 1.807) is 12.1 Å². The molecule has 0 radical (unpaired) electrons. The van der Waals surface area contributed by atoms with Gasteiger partial charge in [-0.05, 0) is 31.0 Å². The highest BCUT2D eigenvalue weighted by Crippen LogP contribution is 2.07. The van der Waals surface area contributed by atoms with Crippen LogP contribution in [-0.4, -0.2) is 9.78 Å². The molecule has 0 aliphatic carbocycles. The smallest absolute Gasteiger partial charge is 0.267 e. The molecular formula is C13H14N2O. The molecule has 0 saturated heterocycles. The first-order valence-electron chi connectivity index (χ1n) is 5.26.